The number of benzene rings is 2. The van der Waals surface area contributed by atoms with Crippen LogP contribution in [0.15, 0.2) is 54.9 Å². The molecule has 0 bridgehead atoms. The van der Waals surface area contributed by atoms with Crippen LogP contribution in [0.4, 0.5) is 0 Å². The maximum Gasteiger partial charge on any atom is 0.224 e. The molecule has 1 amide bonds. The second-order valence-corrected chi connectivity index (χ2v) is 5.44. The van der Waals surface area contributed by atoms with Crippen molar-refractivity contribution in [2.24, 2.45) is 7.05 Å². The van der Waals surface area contributed by atoms with Crippen molar-refractivity contribution in [3.05, 3.63) is 66.0 Å². The zero-order chi connectivity index (χ0) is 15.4. The van der Waals surface area contributed by atoms with Crippen LogP contribution in [0, 0.1) is 0 Å². The van der Waals surface area contributed by atoms with Crippen LogP contribution in [0.2, 0.25) is 0 Å². The molecule has 0 spiro atoms. The molecule has 0 fully saturated rings. The van der Waals surface area contributed by atoms with Gasteiger partial charge in [0.05, 0.1) is 23.8 Å². The fourth-order valence-electron chi connectivity index (χ4n) is 2.53. The third kappa shape index (κ3) is 3.34. The van der Waals surface area contributed by atoms with Crippen LogP contribution in [0.3, 0.4) is 0 Å². The Labute approximate surface area is 129 Å². The smallest absolute Gasteiger partial charge is 0.224 e. The van der Waals surface area contributed by atoms with E-state index in [1.807, 2.05) is 48.0 Å². The highest BCUT2D eigenvalue weighted by Gasteiger charge is 2.06. The summed E-state index contributed by atoms with van der Waals surface area (Å²) in [6, 6.07) is 16.1. The van der Waals surface area contributed by atoms with Crippen LogP contribution in [-0.2, 0) is 24.7 Å². The molecule has 1 heterocycles. The first-order valence-corrected chi connectivity index (χ1v) is 7.43. The third-order valence-corrected chi connectivity index (χ3v) is 3.73. The minimum atomic E-state index is 0.0474. The minimum absolute atomic E-state index is 0.0474. The highest BCUT2D eigenvalue weighted by Crippen LogP contribution is 2.14. The zero-order valence-corrected chi connectivity index (χ0v) is 12.6. The van der Waals surface area contributed by atoms with Crippen molar-refractivity contribution in [3.63, 3.8) is 0 Å². The van der Waals surface area contributed by atoms with Crippen LogP contribution in [0.5, 0.6) is 0 Å². The molecule has 3 aromatic rings. The van der Waals surface area contributed by atoms with Gasteiger partial charge in [-0.15, -0.1) is 0 Å². The predicted octanol–water partition coefficient (Wildman–Crippen LogP) is 2.47. The largest absolute Gasteiger partial charge is 0.355 e. The Morgan fingerprint density at radius 3 is 2.77 bits per heavy atom. The maximum atomic E-state index is 12.0. The monoisotopic (exact) mass is 293 g/mol. The van der Waals surface area contributed by atoms with Gasteiger partial charge in [-0.05, 0) is 29.7 Å². The first kappa shape index (κ1) is 14.3. The molecule has 0 aliphatic carbocycles. The second-order valence-electron chi connectivity index (χ2n) is 5.44. The summed E-state index contributed by atoms with van der Waals surface area (Å²) >= 11 is 0. The summed E-state index contributed by atoms with van der Waals surface area (Å²) in [7, 11) is 1.96. The molecule has 4 nitrogen and oxygen atoms in total. The highest BCUT2D eigenvalue weighted by molar-refractivity contribution is 5.81. The Kier molecular flexibility index (Phi) is 4.19. The number of nitrogens with one attached hydrogen (secondary N) is 1. The lowest BCUT2D eigenvalue weighted by Crippen LogP contribution is -2.27. The normalized spacial score (nSPS) is 10.8. The molecular formula is C18H19N3O. The Morgan fingerprint density at radius 2 is 1.95 bits per heavy atom. The van der Waals surface area contributed by atoms with E-state index in [0.29, 0.717) is 13.0 Å². The lowest BCUT2D eigenvalue weighted by molar-refractivity contribution is -0.120. The number of amides is 1. The minimum Gasteiger partial charge on any atom is -0.355 e. The molecule has 4 heteroatoms. The summed E-state index contributed by atoms with van der Waals surface area (Å²) < 4.78 is 1.97. The number of fused-ring (bicyclic) bond motifs is 1. The van der Waals surface area contributed by atoms with Crippen molar-refractivity contribution in [2.45, 2.75) is 12.8 Å². The molecule has 3 rings (SSSR count). The molecule has 0 aliphatic rings. The number of aromatic nitrogens is 2. The van der Waals surface area contributed by atoms with Crippen molar-refractivity contribution in [1.29, 1.82) is 0 Å². The van der Waals surface area contributed by atoms with Gasteiger partial charge >= 0.3 is 0 Å². The molecule has 112 valence electrons. The number of aryl methyl sites for hydroxylation is 1. The van der Waals surface area contributed by atoms with Crippen LogP contribution < -0.4 is 5.32 Å². The molecular weight excluding hydrogens is 274 g/mol. The van der Waals surface area contributed by atoms with E-state index < -0.39 is 0 Å². The van der Waals surface area contributed by atoms with E-state index in [-0.39, 0.29) is 5.91 Å². The molecule has 1 aromatic heterocycles. The molecule has 0 aliphatic heterocycles. The molecule has 0 atom stereocenters. The van der Waals surface area contributed by atoms with E-state index in [0.717, 1.165) is 23.0 Å². The molecule has 0 saturated carbocycles. The fourth-order valence-corrected chi connectivity index (χ4v) is 2.53. The maximum absolute atomic E-state index is 12.0. The Balaban J connectivity index is 1.54. The Bertz CT molecular complexity index is 777. The zero-order valence-electron chi connectivity index (χ0n) is 12.6. The first-order chi connectivity index (χ1) is 10.7. The van der Waals surface area contributed by atoms with Crippen molar-refractivity contribution in [2.75, 3.05) is 6.54 Å². The summed E-state index contributed by atoms with van der Waals surface area (Å²) in [6.45, 7) is 0.661. The third-order valence-electron chi connectivity index (χ3n) is 3.73. The number of nitrogens with zero attached hydrogens (tertiary/aromatic N) is 2. The summed E-state index contributed by atoms with van der Waals surface area (Å²) in [6.07, 6.45) is 3.03. The van der Waals surface area contributed by atoms with Crippen molar-refractivity contribution in [1.82, 2.24) is 14.9 Å². The van der Waals surface area contributed by atoms with Gasteiger partial charge in [-0.3, -0.25) is 4.79 Å². The second kappa shape index (κ2) is 6.43. The first-order valence-electron chi connectivity index (χ1n) is 7.43. The summed E-state index contributed by atoms with van der Waals surface area (Å²) in [5.74, 6) is 0.0474. The SMILES string of the molecule is Cn1cnc2cc(CC(=O)NCCc3ccccc3)ccc21. The van der Waals surface area contributed by atoms with Gasteiger partial charge in [-0.25, -0.2) is 4.98 Å². The van der Waals surface area contributed by atoms with Crippen LogP contribution >= 0.6 is 0 Å². The van der Waals surface area contributed by atoms with E-state index >= 15 is 0 Å². The van der Waals surface area contributed by atoms with E-state index in [9.17, 15) is 4.79 Å². The molecule has 0 saturated heterocycles. The van der Waals surface area contributed by atoms with Crippen LogP contribution in [-0.4, -0.2) is 22.0 Å². The van der Waals surface area contributed by atoms with Gasteiger partial charge < -0.3 is 9.88 Å². The quantitative estimate of drug-likeness (QED) is 0.785. The lowest BCUT2D eigenvalue weighted by atomic mass is 10.1. The fraction of sp³-hybridized carbons (Fsp3) is 0.222. The van der Waals surface area contributed by atoms with Gasteiger partial charge in [0.2, 0.25) is 5.91 Å². The van der Waals surface area contributed by atoms with Gasteiger partial charge in [-0.1, -0.05) is 36.4 Å². The topological polar surface area (TPSA) is 46.9 Å². The predicted molar refractivity (Wildman–Crippen MR) is 87.6 cm³/mol. The van der Waals surface area contributed by atoms with E-state index in [1.54, 1.807) is 6.33 Å². The average molecular weight is 293 g/mol. The summed E-state index contributed by atoms with van der Waals surface area (Å²) in [4.78, 5) is 16.3. The molecule has 1 N–H and O–H groups in total. The van der Waals surface area contributed by atoms with Crippen LogP contribution in [0.25, 0.3) is 11.0 Å². The lowest BCUT2D eigenvalue weighted by Gasteiger charge is -2.06. The number of carbonyl (C=O) groups excluding carboxylic acids is 1. The number of imidazole rings is 1. The average Bonchev–Trinajstić information content (AvgIpc) is 2.89. The van der Waals surface area contributed by atoms with Gasteiger partial charge in [0.25, 0.3) is 0 Å². The molecule has 0 unspecified atom stereocenters. The Morgan fingerprint density at radius 1 is 1.14 bits per heavy atom. The van der Waals surface area contributed by atoms with Crippen molar-refractivity contribution < 1.29 is 4.79 Å². The van der Waals surface area contributed by atoms with E-state index in [1.165, 1.54) is 5.56 Å². The van der Waals surface area contributed by atoms with E-state index in [4.69, 9.17) is 0 Å². The molecule has 22 heavy (non-hydrogen) atoms. The van der Waals surface area contributed by atoms with Gasteiger partial charge in [0.1, 0.15) is 0 Å². The molecule has 0 radical (unpaired) electrons. The number of carbonyl (C=O) groups is 1. The van der Waals surface area contributed by atoms with Crippen molar-refractivity contribution >= 4 is 16.9 Å². The van der Waals surface area contributed by atoms with Gasteiger partial charge in [-0.2, -0.15) is 0 Å². The van der Waals surface area contributed by atoms with Crippen molar-refractivity contribution in [3.8, 4) is 0 Å². The number of hydrogen-bond donors (Lipinski definition) is 1. The van der Waals surface area contributed by atoms with Gasteiger partial charge in [0, 0.05) is 13.6 Å². The number of rotatable bonds is 5. The number of hydrogen-bond acceptors (Lipinski definition) is 2. The Hall–Kier alpha value is -2.62. The molecule has 2 aromatic carbocycles. The van der Waals surface area contributed by atoms with Gasteiger partial charge in [0.15, 0.2) is 0 Å². The summed E-state index contributed by atoms with van der Waals surface area (Å²) in [5, 5.41) is 2.97. The van der Waals surface area contributed by atoms with E-state index in [2.05, 4.69) is 22.4 Å². The summed E-state index contributed by atoms with van der Waals surface area (Å²) in [5.41, 5.74) is 4.23. The van der Waals surface area contributed by atoms with Crippen LogP contribution in [0.1, 0.15) is 11.1 Å². The standard InChI is InChI=1S/C18H19N3O/c1-21-13-20-16-11-15(7-8-17(16)21)12-18(22)19-10-9-14-5-3-2-4-6-14/h2-8,11,13H,9-10,12H2,1H3,(H,19,22). The highest BCUT2D eigenvalue weighted by atomic mass is 16.1.